The van der Waals surface area contributed by atoms with Crippen LogP contribution in [0.2, 0.25) is 0 Å². The lowest BCUT2D eigenvalue weighted by molar-refractivity contribution is -0.138. The molecular weight excluding hydrogens is 168 g/mol. The van der Waals surface area contributed by atoms with Crippen LogP contribution in [0.1, 0.15) is 33.1 Å². The van der Waals surface area contributed by atoms with E-state index < -0.39 is 5.97 Å². The highest BCUT2D eigenvalue weighted by molar-refractivity contribution is 5.66. The van der Waals surface area contributed by atoms with Gasteiger partial charge < -0.3 is 10.2 Å². The van der Waals surface area contributed by atoms with Crippen LogP contribution in [0.4, 0.5) is 0 Å². The number of carboxylic acids is 1. The number of allylic oxidation sites excluding steroid dienone is 1. The summed E-state index contributed by atoms with van der Waals surface area (Å²) in [5.41, 5.74) is 0.947. The average molecular weight is 186 g/mol. The Morgan fingerprint density at radius 1 is 1.54 bits per heavy atom. The van der Waals surface area contributed by atoms with Gasteiger partial charge in [-0.05, 0) is 25.7 Å². The van der Waals surface area contributed by atoms with E-state index in [1.807, 2.05) is 19.9 Å². The molecular formula is C10H18O3. The lowest BCUT2D eigenvalue weighted by atomic mass is 10.0. The summed E-state index contributed by atoms with van der Waals surface area (Å²) in [7, 11) is 0. The molecule has 76 valence electrons. The van der Waals surface area contributed by atoms with Crippen LogP contribution in [0.15, 0.2) is 11.6 Å². The highest BCUT2D eigenvalue weighted by Crippen LogP contribution is 2.11. The van der Waals surface area contributed by atoms with Crippen LogP contribution < -0.4 is 0 Å². The van der Waals surface area contributed by atoms with E-state index in [4.69, 9.17) is 10.2 Å². The summed E-state index contributed by atoms with van der Waals surface area (Å²) in [5, 5.41) is 17.2. The summed E-state index contributed by atoms with van der Waals surface area (Å²) in [6.45, 7) is 3.88. The third kappa shape index (κ3) is 7.53. The minimum atomic E-state index is -0.740. The molecule has 2 N–H and O–H groups in total. The van der Waals surface area contributed by atoms with E-state index in [0.717, 1.165) is 18.4 Å². The number of aliphatic hydroxyl groups excluding tert-OH is 1. The standard InChI is InChI=1S/C10H18O3/c1-8(6-10(12)13)4-3-5-9(2)7-11/h5,8,11H,3-4,6-7H2,1-2H3,(H,12,13)/b9-5+/t8-/m0/s1. The molecule has 0 aromatic rings. The second-order valence-corrected chi connectivity index (χ2v) is 3.49. The highest BCUT2D eigenvalue weighted by atomic mass is 16.4. The second kappa shape index (κ2) is 6.66. The summed E-state index contributed by atoms with van der Waals surface area (Å²) in [5.74, 6) is -0.532. The van der Waals surface area contributed by atoms with Gasteiger partial charge in [0.2, 0.25) is 0 Å². The molecule has 0 aliphatic rings. The number of hydrogen-bond acceptors (Lipinski definition) is 2. The van der Waals surface area contributed by atoms with E-state index in [9.17, 15) is 4.79 Å². The van der Waals surface area contributed by atoms with Crippen LogP contribution in [0.5, 0.6) is 0 Å². The largest absolute Gasteiger partial charge is 0.481 e. The highest BCUT2D eigenvalue weighted by Gasteiger charge is 2.05. The summed E-state index contributed by atoms with van der Waals surface area (Å²) in [6.07, 6.45) is 3.90. The van der Waals surface area contributed by atoms with Crippen LogP contribution in [-0.2, 0) is 4.79 Å². The summed E-state index contributed by atoms with van der Waals surface area (Å²) < 4.78 is 0. The van der Waals surface area contributed by atoms with Crippen molar-refractivity contribution in [1.29, 1.82) is 0 Å². The molecule has 0 saturated heterocycles. The average Bonchev–Trinajstić information content (AvgIpc) is 2.02. The molecule has 0 unspecified atom stereocenters. The predicted octanol–water partition coefficient (Wildman–Crippen LogP) is 1.82. The van der Waals surface area contributed by atoms with Gasteiger partial charge >= 0.3 is 5.97 Å². The quantitative estimate of drug-likeness (QED) is 0.622. The monoisotopic (exact) mass is 186 g/mol. The van der Waals surface area contributed by atoms with Crippen molar-refractivity contribution >= 4 is 5.97 Å². The molecule has 0 aliphatic heterocycles. The van der Waals surface area contributed by atoms with Gasteiger partial charge in [-0.15, -0.1) is 0 Å². The topological polar surface area (TPSA) is 57.5 Å². The van der Waals surface area contributed by atoms with Gasteiger partial charge in [-0.3, -0.25) is 4.79 Å². The van der Waals surface area contributed by atoms with E-state index >= 15 is 0 Å². The van der Waals surface area contributed by atoms with Crippen LogP contribution in [0.25, 0.3) is 0 Å². The van der Waals surface area contributed by atoms with Crippen molar-refractivity contribution in [2.24, 2.45) is 5.92 Å². The van der Waals surface area contributed by atoms with Crippen molar-refractivity contribution in [3.05, 3.63) is 11.6 Å². The first-order valence-corrected chi connectivity index (χ1v) is 4.54. The molecule has 0 aromatic heterocycles. The van der Waals surface area contributed by atoms with Gasteiger partial charge in [0, 0.05) is 6.42 Å². The molecule has 0 fully saturated rings. The van der Waals surface area contributed by atoms with Gasteiger partial charge in [-0.2, -0.15) is 0 Å². The minimum Gasteiger partial charge on any atom is -0.481 e. The first-order chi connectivity index (χ1) is 6.06. The fourth-order valence-corrected chi connectivity index (χ4v) is 1.08. The summed E-state index contributed by atoms with van der Waals surface area (Å²) in [4.78, 5) is 10.3. The van der Waals surface area contributed by atoms with Gasteiger partial charge in [0.25, 0.3) is 0 Å². The normalized spacial score (nSPS) is 14.2. The maximum absolute atomic E-state index is 10.3. The number of aliphatic carboxylic acids is 1. The first kappa shape index (κ1) is 12.2. The maximum atomic E-state index is 10.3. The number of aliphatic hydroxyl groups is 1. The third-order valence-corrected chi connectivity index (χ3v) is 1.92. The molecule has 0 aromatic carbocycles. The number of rotatable bonds is 6. The molecule has 0 spiro atoms. The maximum Gasteiger partial charge on any atom is 0.303 e. The van der Waals surface area contributed by atoms with Crippen LogP contribution >= 0.6 is 0 Å². The van der Waals surface area contributed by atoms with Crippen LogP contribution in [0.3, 0.4) is 0 Å². The zero-order valence-electron chi connectivity index (χ0n) is 8.29. The molecule has 0 amide bonds. The zero-order valence-corrected chi connectivity index (χ0v) is 8.29. The Hall–Kier alpha value is -0.830. The minimum absolute atomic E-state index is 0.0906. The fourth-order valence-electron chi connectivity index (χ4n) is 1.08. The van der Waals surface area contributed by atoms with Crippen molar-refractivity contribution in [2.45, 2.75) is 33.1 Å². The molecule has 0 rings (SSSR count). The second-order valence-electron chi connectivity index (χ2n) is 3.49. The lowest BCUT2D eigenvalue weighted by Gasteiger charge is -2.05. The van der Waals surface area contributed by atoms with Crippen molar-refractivity contribution in [2.75, 3.05) is 6.61 Å². The Balaban J connectivity index is 3.58. The molecule has 0 saturated carbocycles. The van der Waals surface area contributed by atoms with E-state index in [1.54, 1.807) is 0 Å². The molecule has 3 nitrogen and oxygen atoms in total. The van der Waals surface area contributed by atoms with Crippen LogP contribution in [-0.4, -0.2) is 22.8 Å². The fraction of sp³-hybridized carbons (Fsp3) is 0.700. The lowest BCUT2D eigenvalue weighted by Crippen LogP contribution is -2.03. The van der Waals surface area contributed by atoms with Crippen molar-refractivity contribution in [3.8, 4) is 0 Å². The molecule has 0 radical (unpaired) electrons. The van der Waals surface area contributed by atoms with Gasteiger partial charge in [0.15, 0.2) is 0 Å². The summed E-state index contributed by atoms with van der Waals surface area (Å²) >= 11 is 0. The number of hydrogen-bond donors (Lipinski definition) is 2. The Morgan fingerprint density at radius 3 is 2.62 bits per heavy atom. The SMILES string of the molecule is C/C(=C\CC[C@H](C)CC(=O)O)CO. The van der Waals surface area contributed by atoms with Crippen molar-refractivity contribution in [1.82, 2.24) is 0 Å². The van der Waals surface area contributed by atoms with Gasteiger partial charge in [-0.25, -0.2) is 0 Å². The molecule has 0 heterocycles. The van der Waals surface area contributed by atoms with E-state index in [0.29, 0.717) is 0 Å². The molecule has 0 bridgehead atoms. The Labute approximate surface area is 79.1 Å². The first-order valence-electron chi connectivity index (χ1n) is 4.54. The Kier molecular flexibility index (Phi) is 6.24. The molecule has 1 atom stereocenters. The van der Waals surface area contributed by atoms with E-state index in [1.165, 1.54) is 0 Å². The predicted molar refractivity (Wildman–Crippen MR) is 51.5 cm³/mol. The van der Waals surface area contributed by atoms with Crippen LogP contribution in [0, 0.1) is 5.92 Å². The summed E-state index contributed by atoms with van der Waals surface area (Å²) in [6, 6.07) is 0. The van der Waals surface area contributed by atoms with Crippen molar-refractivity contribution in [3.63, 3.8) is 0 Å². The Morgan fingerprint density at radius 2 is 2.15 bits per heavy atom. The third-order valence-electron chi connectivity index (χ3n) is 1.92. The Bertz CT molecular complexity index is 185. The van der Waals surface area contributed by atoms with Crippen molar-refractivity contribution < 1.29 is 15.0 Å². The number of carbonyl (C=O) groups is 1. The van der Waals surface area contributed by atoms with E-state index in [2.05, 4.69) is 0 Å². The van der Waals surface area contributed by atoms with Gasteiger partial charge in [0.05, 0.1) is 6.61 Å². The van der Waals surface area contributed by atoms with Gasteiger partial charge in [0.1, 0.15) is 0 Å². The van der Waals surface area contributed by atoms with E-state index in [-0.39, 0.29) is 18.9 Å². The van der Waals surface area contributed by atoms with Gasteiger partial charge in [-0.1, -0.05) is 18.6 Å². The molecule has 13 heavy (non-hydrogen) atoms. The smallest absolute Gasteiger partial charge is 0.303 e. The molecule has 3 heteroatoms. The number of carboxylic acid groups (broad SMARTS) is 1. The molecule has 0 aliphatic carbocycles. The zero-order chi connectivity index (χ0) is 10.3.